The molecule has 0 saturated carbocycles. The van der Waals surface area contributed by atoms with E-state index in [9.17, 15) is 22.4 Å². The van der Waals surface area contributed by atoms with Crippen molar-refractivity contribution in [2.45, 2.75) is 18.6 Å². The molecule has 1 heterocycles. The summed E-state index contributed by atoms with van der Waals surface area (Å²) in [4.78, 5) is 14.6. The van der Waals surface area contributed by atoms with Crippen molar-refractivity contribution in [3.63, 3.8) is 0 Å². The van der Waals surface area contributed by atoms with Gasteiger partial charge in [-0.2, -0.15) is 13.2 Å². The Morgan fingerprint density at radius 1 is 1.21 bits per heavy atom. The van der Waals surface area contributed by atoms with Gasteiger partial charge in [0, 0.05) is 31.2 Å². The van der Waals surface area contributed by atoms with Crippen molar-refractivity contribution in [1.82, 2.24) is 10.2 Å². The number of carbonyl (C=O) groups excluding carboxylic acids is 1. The fourth-order valence-corrected chi connectivity index (χ4v) is 3.27. The molecule has 2 aromatic rings. The van der Waals surface area contributed by atoms with Crippen LogP contribution in [0.3, 0.4) is 0 Å². The van der Waals surface area contributed by atoms with E-state index in [1.165, 1.54) is 25.3 Å². The average Bonchev–Trinajstić information content (AvgIpc) is 2.68. The lowest BCUT2D eigenvalue weighted by Gasteiger charge is -2.36. The Morgan fingerprint density at radius 2 is 1.90 bits per heavy atom. The topological polar surface area (TPSA) is 41.6 Å². The predicted octanol–water partition coefficient (Wildman–Crippen LogP) is 3.93. The zero-order chi connectivity index (χ0) is 20.3. The SMILES string of the molecule is COc1cc(C(=O)N2CCNCC2Cc2ccc(F)cc2)cc(C(F)(F)F)c1.Cl. The highest BCUT2D eigenvalue weighted by Gasteiger charge is 2.34. The van der Waals surface area contributed by atoms with Gasteiger partial charge in [0.15, 0.2) is 0 Å². The number of piperazine rings is 1. The lowest BCUT2D eigenvalue weighted by molar-refractivity contribution is -0.137. The van der Waals surface area contributed by atoms with Gasteiger partial charge in [0.05, 0.1) is 12.7 Å². The quantitative estimate of drug-likeness (QED) is 0.744. The molecular formula is C20H21ClF4N2O2. The highest BCUT2D eigenvalue weighted by Crippen LogP contribution is 2.33. The zero-order valence-electron chi connectivity index (χ0n) is 15.6. The van der Waals surface area contributed by atoms with E-state index in [1.54, 1.807) is 17.0 Å². The van der Waals surface area contributed by atoms with Crippen LogP contribution in [0.5, 0.6) is 5.75 Å². The molecule has 29 heavy (non-hydrogen) atoms. The molecule has 1 amide bonds. The minimum atomic E-state index is -4.58. The van der Waals surface area contributed by atoms with Crippen LogP contribution in [0.2, 0.25) is 0 Å². The Kier molecular flexibility index (Phi) is 7.48. The molecular weight excluding hydrogens is 412 g/mol. The number of methoxy groups -OCH3 is 1. The van der Waals surface area contributed by atoms with E-state index in [0.717, 1.165) is 17.7 Å². The number of halogens is 5. The van der Waals surface area contributed by atoms with E-state index in [4.69, 9.17) is 4.74 Å². The predicted molar refractivity (Wildman–Crippen MR) is 103 cm³/mol. The number of amides is 1. The molecule has 3 rings (SSSR count). The summed E-state index contributed by atoms with van der Waals surface area (Å²) in [5.74, 6) is -0.865. The fraction of sp³-hybridized carbons (Fsp3) is 0.350. The number of hydrogen-bond acceptors (Lipinski definition) is 3. The molecule has 1 aliphatic rings. The molecule has 1 aliphatic heterocycles. The Morgan fingerprint density at radius 3 is 2.52 bits per heavy atom. The monoisotopic (exact) mass is 432 g/mol. The number of nitrogens with one attached hydrogen (secondary N) is 1. The number of alkyl halides is 3. The van der Waals surface area contributed by atoms with Crippen LogP contribution in [0.4, 0.5) is 17.6 Å². The molecule has 2 aromatic carbocycles. The van der Waals surface area contributed by atoms with Crippen LogP contribution in [0.15, 0.2) is 42.5 Å². The van der Waals surface area contributed by atoms with E-state index in [1.807, 2.05) is 0 Å². The van der Waals surface area contributed by atoms with Gasteiger partial charge in [-0.15, -0.1) is 12.4 Å². The van der Waals surface area contributed by atoms with Crippen molar-refractivity contribution in [2.24, 2.45) is 0 Å². The summed E-state index contributed by atoms with van der Waals surface area (Å²) in [6.07, 6.45) is -4.12. The van der Waals surface area contributed by atoms with Crippen molar-refractivity contribution in [2.75, 3.05) is 26.7 Å². The molecule has 4 nitrogen and oxygen atoms in total. The number of ether oxygens (including phenoxy) is 1. The molecule has 1 atom stereocenters. The Labute approximate surface area is 172 Å². The first-order valence-electron chi connectivity index (χ1n) is 8.80. The van der Waals surface area contributed by atoms with Crippen molar-refractivity contribution >= 4 is 18.3 Å². The van der Waals surface area contributed by atoms with Gasteiger partial charge < -0.3 is 15.0 Å². The molecule has 0 aliphatic carbocycles. The largest absolute Gasteiger partial charge is 0.497 e. The van der Waals surface area contributed by atoms with Gasteiger partial charge >= 0.3 is 6.18 Å². The summed E-state index contributed by atoms with van der Waals surface area (Å²) >= 11 is 0. The standard InChI is InChI=1S/C20H20F4N2O2.ClH/c1-28-18-10-14(9-15(11-18)20(22,23)24)19(27)26-7-6-25-12-17(26)8-13-2-4-16(21)5-3-13;/h2-5,9-11,17,25H,6-8,12H2,1H3;1H. The summed E-state index contributed by atoms with van der Waals surface area (Å²) in [5.41, 5.74) is -0.160. The molecule has 1 unspecified atom stereocenters. The summed E-state index contributed by atoms with van der Waals surface area (Å²) in [6, 6.07) is 8.73. The van der Waals surface area contributed by atoms with Gasteiger partial charge in [0.1, 0.15) is 11.6 Å². The Bertz CT molecular complexity index is 843. The van der Waals surface area contributed by atoms with Crippen LogP contribution in [0.1, 0.15) is 21.5 Å². The second-order valence-corrected chi connectivity index (χ2v) is 6.64. The minimum Gasteiger partial charge on any atom is -0.497 e. The third-order valence-corrected chi connectivity index (χ3v) is 4.71. The Hall–Kier alpha value is -2.32. The maximum atomic E-state index is 13.2. The van der Waals surface area contributed by atoms with Crippen molar-refractivity contribution in [1.29, 1.82) is 0 Å². The van der Waals surface area contributed by atoms with Crippen LogP contribution in [-0.2, 0) is 12.6 Å². The van der Waals surface area contributed by atoms with Crippen LogP contribution < -0.4 is 10.1 Å². The van der Waals surface area contributed by atoms with Gasteiger partial charge in [-0.25, -0.2) is 4.39 Å². The number of benzene rings is 2. The number of rotatable bonds is 4. The van der Waals surface area contributed by atoms with E-state index in [-0.39, 0.29) is 35.6 Å². The third-order valence-electron chi connectivity index (χ3n) is 4.71. The van der Waals surface area contributed by atoms with E-state index < -0.39 is 17.6 Å². The van der Waals surface area contributed by atoms with Gasteiger partial charge in [-0.05, 0) is 42.3 Å². The highest BCUT2D eigenvalue weighted by atomic mass is 35.5. The average molecular weight is 433 g/mol. The molecule has 0 aromatic heterocycles. The summed E-state index contributed by atoms with van der Waals surface area (Å²) in [7, 11) is 1.26. The van der Waals surface area contributed by atoms with Crippen molar-refractivity contribution in [3.05, 3.63) is 65.0 Å². The first kappa shape index (κ1) is 23.0. The van der Waals surface area contributed by atoms with Crippen molar-refractivity contribution in [3.8, 4) is 5.75 Å². The summed E-state index contributed by atoms with van der Waals surface area (Å²) in [5, 5.41) is 3.19. The van der Waals surface area contributed by atoms with Crippen molar-refractivity contribution < 1.29 is 27.1 Å². The maximum absolute atomic E-state index is 13.2. The van der Waals surface area contributed by atoms with E-state index in [0.29, 0.717) is 26.1 Å². The number of hydrogen-bond donors (Lipinski definition) is 1. The molecule has 0 spiro atoms. The van der Waals surface area contributed by atoms with Crippen LogP contribution in [0.25, 0.3) is 0 Å². The number of carbonyl (C=O) groups is 1. The first-order chi connectivity index (χ1) is 13.3. The van der Waals surface area contributed by atoms with Gasteiger partial charge in [-0.1, -0.05) is 12.1 Å². The van der Waals surface area contributed by atoms with E-state index >= 15 is 0 Å². The summed E-state index contributed by atoms with van der Waals surface area (Å²) in [6.45, 7) is 1.41. The molecule has 158 valence electrons. The third kappa shape index (κ3) is 5.61. The van der Waals surface area contributed by atoms with Gasteiger partial charge in [0.25, 0.3) is 5.91 Å². The summed E-state index contributed by atoms with van der Waals surface area (Å²) < 4.78 is 57.6. The molecule has 0 radical (unpaired) electrons. The second-order valence-electron chi connectivity index (χ2n) is 6.64. The minimum absolute atomic E-state index is 0. The molecule has 0 bridgehead atoms. The Balaban J connectivity index is 0.00000300. The molecule has 1 fully saturated rings. The lowest BCUT2D eigenvalue weighted by atomic mass is 10.0. The zero-order valence-corrected chi connectivity index (χ0v) is 16.4. The first-order valence-corrected chi connectivity index (χ1v) is 8.80. The van der Waals surface area contributed by atoms with Crippen LogP contribution in [0, 0.1) is 5.82 Å². The van der Waals surface area contributed by atoms with Gasteiger partial charge in [-0.3, -0.25) is 4.79 Å². The lowest BCUT2D eigenvalue weighted by Crippen LogP contribution is -2.54. The number of nitrogens with zero attached hydrogens (tertiary/aromatic N) is 1. The second kappa shape index (κ2) is 9.45. The maximum Gasteiger partial charge on any atom is 0.416 e. The van der Waals surface area contributed by atoms with Gasteiger partial charge in [0.2, 0.25) is 0 Å². The van der Waals surface area contributed by atoms with E-state index in [2.05, 4.69) is 5.32 Å². The van der Waals surface area contributed by atoms with Crippen LogP contribution in [-0.4, -0.2) is 43.6 Å². The molecule has 1 N–H and O–H groups in total. The molecule has 9 heteroatoms. The smallest absolute Gasteiger partial charge is 0.416 e. The normalized spacial score (nSPS) is 16.9. The highest BCUT2D eigenvalue weighted by molar-refractivity contribution is 5.95. The fourth-order valence-electron chi connectivity index (χ4n) is 3.27. The van der Waals surface area contributed by atoms with Crippen LogP contribution >= 0.6 is 12.4 Å². The molecule has 1 saturated heterocycles.